The molecule has 4 rings (SSSR count). The molecule has 2 fully saturated rings. The normalized spacial score (nSPS) is 34.7. The van der Waals surface area contributed by atoms with Crippen LogP contribution in [0.3, 0.4) is 0 Å². The zero-order valence-electron chi connectivity index (χ0n) is 14.1. The molecule has 1 aromatic carbocycles. The Kier molecular flexibility index (Phi) is 4.58. The highest BCUT2D eigenvalue weighted by atomic mass is 16.5. The molecule has 3 heterocycles. The standard InChI is InChI=1S/C17H22N6O3/c18-15-14-16(21-9-20-15)23(13-6-11(25)12(8-24)26-13)17(22-14)19-7-10-4-2-1-3-5-10/h1-5,9,11-14,16,24-25H,6-8H2,(H,19,22)(H2,18,20,21)/t11-,12+,13+,14?,16?/m0/s1. The van der Waals surface area contributed by atoms with Crippen molar-refractivity contribution in [2.24, 2.45) is 20.7 Å². The second-order valence-corrected chi connectivity index (χ2v) is 6.50. The van der Waals surface area contributed by atoms with E-state index in [1.54, 1.807) is 0 Å². The fourth-order valence-electron chi connectivity index (χ4n) is 3.44. The Morgan fingerprint density at radius 3 is 2.88 bits per heavy atom. The molecule has 0 spiro atoms. The van der Waals surface area contributed by atoms with Crippen molar-refractivity contribution in [3.8, 4) is 0 Å². The molecule has 3 aliphatic heterocycles. The van der Waals surface area contributed by atoms with Crippen molar-refractivity contribution in [3.63, 3.8) is 0 Å². The number of fused-ring (bicyclic) bond motifs is 1. The van der Waals surface area contributed by atoms with E-state index in [1.807, 2.05) is 35.2 Å². The van der Waals surface area contributed by atoms with Crippen LogP contribution in [0.25, 0.3) is 0 Å². The van der Waals surface area contributed by atoms with Gasteiger partial charge in [-0.3, -0.25) is 4.90 Å². The summed E-state index contributed by atoms with van der Waals surface area (Å²) in [6.45, 7) is 0.245. The molecular weight excluding hydrogens is 336 g/mol. The Morgan fingerprint density at radius 2 is 2.15 bits per heavy atom. The minimum absolute atomic E-state index is 0.240. The maximum atomic E-state index is 10.1. The molecule has 5 atom stereocenters. The summed E-state index contributed by atoms with van der Waals surface area (Å²) in [5.41, 5.74) is 7.09. The number of aliphatic imine (C=N–C) groups is 3. The topological polar surface area (TPSA) is 128 Å². The van der Waals surface area contributed by atoms with Gasteiger partial charge in [-0.15, -0.1) is 0 Å². The van der Waals surface area contributed by atoms with E-state index in [0.29, 0.717) is 24.8 Å². The summed E-state index contributed by atoms with van der Waals surface area (Å²) in [5, 5.41) is 22.7. The van der Waals surface area contributed by atoms with Crippen LogP contribution >= 0.6 is 0 Å². The highest BCUT2D eigenvalue weighted by Crippen LogP contribution is 2.29. The third-order valence-electron chi connectivity index (χ3n) is 4.81. The Balaban J connectivity index is 1.61. The highest BCUT2D eigenvalue weighted by molar-refractivity contribution is 6.00. The van der Waals surface area contributed by atoms with Gasteiger partial charge in [0, 0.05) is 6.42 Å². The molecule has 3 aliphatic rings. The predicted octanol–water partition coefficient (Wildman–Crippen LogP) is -0.990. The summed E-state index contributed by atoms with van der Waals surface area (Å²) < 4.78 is 5.82. The molecule has 0 aliphatic carbocycles. The molecule has 26 heavy (non-hydrogen) atoms. The summed E-state index contributed by atoms with van der Waals surface area (Å²) in [5.74, 6) is 1.02. The fraction of sp³-hybridized carbons (Fsp3) is 0.471. The van der Waals surface area contributed by atoms with Gasteiger partial charge in [0.15, 0.2) is 12.1 Å². The van der Waals surface area contributed by atoms with Crippen LogP contribution in [0.15, 0.2) is 45.3 Å². The van der Waals surface area contributed by atoms with E-state index >= 15 is 0 Å². The number of nitrogens with two attached hydrogens (primary N) is 1. The maximum Gasteiger partial charge on any atom is 0.198 e. The first-order valence-corrected chi connectivity index (χ1v) is 8.60. The number of hydrogen-bond donors (Lipinski definition) is 4. The van der Waals surface area contributed by atoms with E-state index in [4.69, 9.17) is 10.5 Å². The number of nitrogens with one attached hydrogen (secondary N) is 1. The second kappa shape index (κ2) is 7.02. The Bertz CT molecular complexity index is 737. The number of nitrogens with zero attached hydrogens (tertiary/aromatic N) is 4. The number of aliphatic hydroxyl groups excluding tert-OH is 2. The van der Waals surface area contributed by atoms with Crippen LogP contribution in [0.5, 0.6) is 0 Å². The first-order valence-electron chi connectivity index (χ1n) is 8.60. The Labute approximate surface area is 150 Å². The third-order valence-corrected chi connectivity index (χ3v) is 4.81. The van der Waals surface area contributed by atoms with Gasteiger partial charge < -0.3 is 26.0 Å². The zero-order valence-corrected chi connectivity index (χ0v) is 14.1. The van der Waals surface area contributed by atoms with E-state index in [2.05, 4.69) is 20.3 Å². The van der Waals surface area contributed by atoms with Crippen LogP contribution in [0.1, 0.15) is 12.0 Å². The quantitative estimate of drug-likeness (QED) is 0.547. The van der Waals surface area contributed by atoms with Crippen molar-refractivity contribution in [2.45, 2.75) is 43.6 Å². The zero-order chi connectivity index (χ0) is 18.1. The van der Waals surface area contributed by atoms with Crippen LogP contribution in [-0.4, -0.2) is 70.5 Å². The summed E-state index contributed by atoms with van der Waals surface area (Å²) in [7, 11) is 0. The van der Waals surface area contributed by atoms with Crippen molar-refractivity contribution in [2.75, 3.05) is 6.61 Å². The first kappa shape index (κ1) is 17.0. The first-order chi connectivity index (χ1) is 12.7. The summed E-state index contributed by atoms with van der Waals surface area (Å²) >= 11 is 0. The van der Waals surface area contributed by atoms with Gasteiger partial charge in [-0.25, -0.2) is 15.0 Å². The van der Waals surface area contributed by atoms with Gasteiger partial charge in [0.1, 0.15) is 30.5 Å². The molecule has 138 valence electrons. The van der Waals surface area contributed by atoms with Gasteiger partial charge >= 0.3 is 0 Å². The van der Waals surface area contributed by atoms with Crippen LogP contribution < -0.4 is 11.1 Å². The lowest BCUT2D eigenvalue weighted by Crippen LogP contribution is -2.48. The molecule has 5 N–H and O–H groups in total. The SMILES string of the molecule is NC1=NC=NC2C1NC(=NCc1ccccc1)N2[C@H]1C[C@H](O)[C@@H](CO)O1. The number of guanidine groups is 1. The van der Waals surface area contributed by atoms with E-state index in [0.717, 1.165) is 5.56 Å². The minimum Gasteiger partial charge on any atom is -0.394 e. The fourth-order valence-corrected chi connectivity index (χ4v) is 3.44. The van der Waals surface area contributed by atoms with Gasteiger partial charge in [-0.1, -0.05) is 30.3 Å². The van der Waals surface area contributed by atoms with E-state index < -0.39 is 18.4 Å². The number of ether oxygens (including phenoxy) is 1. The van der Waals surface area contributed by atoms with Crippen LogP contribution in [0.2, 0.25) is 0 Å². The summed E-state index contributed by atoms with van der Waals surface area (Å²) in [6, 6.07) is 9.59. The van der Waals surface area contributed by atoms with E-state index in [9.17, 15) is 10.2 Å². The van der Waals surface area contributed by atoms with Crippen molar-refractivity contribution in [1.29, 1.82) is 0 Å². The molecule has 0 radical (unpaired) electrons. The molecule has 2 unspecified atom stereocenters. The van der Waals surface area contributed by atoms with Crippen LogP contribution in [0.4, 0.5) is 0 Å². The van der Waals surface area contributed by atoms with Gasteiger partial charge in [0.2, 0.25) is 0 Å². The average Bonchev–Trinajstić information content (AvgIpc) is 3.21. The molecule has 9 heteroatoms. The number of amidine groups is 1. The largest absolute Gasteiger partial charge is 0.394 e. The van der Waals surface area contributed by atoms with Crippen molar-refractivity contribution >= 4 is 18.1 Å². The van der Waals surface area contributed by atoms with Gasteiger partial charge in [-0.05, 0) is 5.56 Å². The highest BCUT2D eigenvalue weighted by Gasteiger charge is 2.48. The van der Waals surface area contributed by atoms with E-state index in [1.165, 1.54) is 6.34 Å². The number of rotatable bonds is 4. The molecule has 1 aromatic rings. The smallest absolute Gasteiger partial charge is 0.198 e. The average molecular weight is 358 g/mol. The number of benzene rings is 1. The lowest BCUT2D eigenvalue weighted by molar-refractivity contribution is -0.0636. The van der Waals surface area contributed by atoms with Crippen LogP contribution in [0, 0.1) is 0 Å². The van der Waals surface area contributed by atoms with Gasteiger partial charge in [-0.2, -0.15) is 0 Å². The molecule has 0 aromatic heterocycles. The van der Waals surface area contributed by atoms with Gasteiger partial charge in [0.25, 0.3) is 0 Å². The molecule has 0 bridgehead atoms. The molecule has 2 saturated heterocycles. The monoisotopic (exact) mass is 358 g/mol. The number of hydrogen-bond acceptors (Lipinski definition) is 7. The molecular formula is C17H22N6O3. The number of aliphatic hydroxyl groups is 2. The third kappa shape index (κ3) is 3.05. The molecule has 0 saturated carbocycles. The minimum atomic E-state index is -0.738. The van der Waals surface area contributed by atoms with E-state index in [-0.39, 0.29) is 18.8 Å². The maximum absolute atomic E-state index is 10.1. The predicted molar refractivity (Wildman–Crippen MR) is 96.6 cm³/mol. The van der Waals surface area contributed by atoms with Gasteiger partial charge in [0.05, 0.1) is 19.3 Å². The van der Waals surface area contributed by atoms with Crippen molar-refractivity contribution < 1.29 is 14.9 Å². The molecule has 0 amide bonds. The second-order valence-electron chi connectivity index (χ2n) is 6.50. The van der Waals surface area contributed by atoms with Crippen LogP contribution in [-0.2, 0) is 11.3 Å². The summed E-state index contributed by atoms with van der Waals surface area (Å²) in [6.07, 6.45) is -0.377. The van der Waals surface area contributed by atoms with Crippen molar-refractivity contribution in [3.05, 3.63) is 35.9 Å². The Morgan fingerprint density at radius 1 is 1.35 bits per heavy atom. The lowest BCUT2D eigenvalue weighted by atomic mass is 10.1. The molecule has 9 nitrogen and oxygen atoms in total. The van der Waals surface area contributed by atoms with Crippen molar-refractivity contribution in [1.82, 2.24) is 10.2 Å². The summed E-state index contributed by atoms with van der Waals surface area (Å²) in [4.78, 5) is 15.0. The Hall–Kier alpha value is -2.49. The lowest BCUT2D eigenvalue weighted by Gasteiger charge is -2.30.